The fraction of sp³-hybridized carbons (Fsp3) is 0.571. The van der Waals surface area contributed by atoms with Crippen LogP contribution in [0, 0.1) is 12.8 Å². The highest BCUT2D eigenvalue weighted by molar-refractivity contribution is 5.25. The summed E-state index contributed by atoms with van der Waals surface area (Å²) in [5, 5.41) is 3.59. The van der Waals surface area contributed by atoms with Crippen LogP contribution in [0.15, 0.2) is 24.3 Å². The highest BCUT2D eigenvalue weighted by Gasteiger charge is 2.31. The Morgan fingerprint density at radius 2 is 2.00 bits per heavy atom. The minimum absolute atomic E-state index is 0.524. The van der Waals surface area contributed by atoms with Gasteiger partial charge in [0.1, 0.15) is 0 Å². The van der Waals surface area contributed by atoms with Gasteiger partial charge in [0.2, 0.25) is 0 Å². The van der Waals surface area contributed by atoms with Crippen LogP contribution in [0.25, 0.3) is 0 Å². The summed E-state index contributed by atoms with van der Waals surface area (Å²) in [6.45, 7) is 3.86. The standard InChI is InChI=1S/C14H21NO/c1-11-3-5-12(6-4-11)14(13-7-8-13)15-9-10-16-2/h3-6,13-15H,7-10H2,1-2H3. The van der Waals surface area contributed by atoms with Crippen LogP contribution in [0.5, 0.6) is 0 Å². The van der Waals surface area contributed by atoms with Gasteiger partial charge in [-0.05, 0) is 31.2 Å². The maximum atomic E-state index is 5.08. The van der Waals surface area contributed by atoms with Gasteiger partial charge in [0, 0.05) is 19.7 Å². The predicted molar refractivity (Wildman–Crippen MR) is 66.5 cm³/mol. The van der Waals surface area contributed by atoms with Gasteiger partial charge in [-0.2, -0.15) is 0 Å². The summed E-state index contributed by atoms with van der Waals surface area (Å²) in [5.41, 5.74) is 2.75. The van der Waals surface area contributed by atoms with Crippen molar-refractivity contribution in [3.05, 3.63) is 35.4 Å². The summed E-state index contributed by atoms with van der Waals surface area (Å²) in [6.07, 6.45) is 2.72. The molecule has 0 amide bonds. The Balaban J connectivity index is 1.98. The summed E-state index contributed by atoms with van der Waals surface area (Å²) in [6, 6.07) is 9.41. The molecule has 0 saturated heterocycles. The maximum absolute atomic E-state index is 5.08. The SMILES string of the molecule is COCCNC(c1ccc(C)cc1)C1CC1. The van der Waals surface area contributed by atoms with Crippen LogP contribution in [0.4, 0.5) is 0 Å². The molecular weight excluding hydrogens is 198 g/mol. The molecule has 0 spiro atoms. The normalized spacial score (nSPS) is 17.4. The largest absolute Gasteiger partial charge is 0.383 e. The quantitative estimate of drug-likeness (QED) is 0.743. The van der Waals surface area contributed by atoms with Gasteiger partial charge in [0.15, 0.2) is 0 Å². The van der Waals surface area contributed by atoms with Gasteiger partial charge in [-0.1, -0.05) is 29.8 Å². The molecule has 0 heterocycles. The van der Waals surface area contributed by atoms with Crippen molar-refractivity contribution >= 4 is 0 Å². The molecule has 1 atom stereocenters. The molecule has 2 heteroatoms. The first-order valence-corrected chi connectivity index (χ1v) is 6.10. The first-order valence-electron chi connectivity index (χ1n) is 6.10. The molecule has 1 aliphatic carbocycles. The molecule has 2 nitrogen and oxygen atoms in total. The smallest absolute Gasteiger partial charge is 0.0587 e. The van der Waals surface area contributed by atoms with E-state index in [1.54, 1.807) is 7.11 Å². The monoisotopic (exact) mass is 219 g/mol. The average Bonchev–Trinajstić information content (AvgIpc) is 3.10. The summed E-state index contributed by atoms with van der Waals surface area (Å²) in [7, 11) is 1.75. The minimum Gasteiger partial charge on any atom is -0.383 e. The number of nitrogens with one attached hydrogen (secondary N) is 1. The molecule has 0 aliphatic heterocycles. The molecule has 1 N–H and O–H groups in total. The Morgan fingerprint density at radius 3 is 2.56 bits per heavy atom. The summed E-state index contributed by atoms with van der Waals surface area (Å²) < 4.78 is 5.08. The fourth-order valence-electron chi connectivity index (χ4n) is 2.08. The van der Waals surface area contributed by atoms with Crippen LogP contribution >= 0.6 is 0 Å². The minimum atomic E-state index is 0.524. The first-order chi connectivity index (χ1) is 7.81. The molecule has 88 valence electrons. The maximum Gasteiger partial charge on any atom is 0.0587 e. The molecule has 0 bridgehead atoms. The Hall–Kier alpha value is -0.860. The van der Waals surface area contributed by atoms with E-state index in [0.29, 0.717) is 6.04 Å². The molecule has 2 rings (SSSR count). The zero-order valence-corrected chi connectivity index (χ0v) is 10.2. The molecule has 1 unspecified atom stereocenters. The highest BCUT2D eigenvalue weighted by atomic mass is 16.5. The van der Waals surface area contributed by atoms with Crippen molar-refractivity contribution in [3.63, 3.8) is 0 Å². The van der Waals surface area contributed by atoms with Gasteiger partial charge in [-0.3, -0.25) is 0 Å². The first kappa shape index (κ1) is 11.6. The van der Waals surface area contributed by atoms with Crippen LogP contribution in [0.2, 0.25) is 0 Å². The molecule has 1 aliphatic rings. The van der Waals surface area contributed by atoms with Crippen LogP contribution in [-0.4, -0.2) is 20.3 Å². The third-order valence-corrected chi connectivity index (χ3v) is 3.20. The molecule has 16 heavy (non-hydrogen) atoms. The van der Waals surface area contributed by atoms with Gasteiger partial charge in [-0.25, -0.2) is 0 Å². The third kappa shape index (κ3) is 3.06. The van der Waals surface area contributed by atoms with Crippen molar-refractivity contribution in [2.45, 2.75) is 25.8 Å². The van der Waals surface area contributed by atoms with Gasteiger partial charge >= 0.3 is 0 Å². The number of ether oxygens (including phenoxy) is 1. The van der Waals surface area contributed by atoms with Crippen molar-refractivity contribution in [1.29, 1.82) is 0 Å². The van der Waals surface area contributed by atoms with Crippen molar-refractivity contribution in [2.75, 3.05) is 20.3 Å². The zero-order valence-electron chi connectivity index (χ0n) is 10.2. The summed E-state index contributed by atoms with van der Waals surface area (Å²) in [4.78, 5) is 0. The fourth-order valence-corrected chi connectivity index (χ4v) is 2.08. The lowest BCUT2D eigenvalue weighted by molar-refractivity contribution is 0.194. The lowest BCUT2D eigenvalue weighted by Gasteiger charge is -2.18. The molecule has 1 aromatic rings. The number of hydrogen-bond acceptors (Lipinski definition) is 2. The second kappa shape index (κ2) is 5.46. The van der Waals surface area contributed by atoms with E-state index in [4.69, 9.17) is 4.74 Å². The van der Waals surface area contributed by atoms with Crippen molar-refractivity contribution in [1.82, 2.24) is 5.32 Å². The summed E-state index contributed by atoms with van der Waals surface area (Å²) >= 11 is 0. The number of rotatable bonds is 6. The van der Waals surface area contributed by atoms with E-state index in [1.165, 1.54) is 24.0 Å². The molecule has 1 aromatic carbocycles. The molecule has 1 saturated carbocycles. The Kier molecular flexibility index (Phi) is 3.97. The van der Waals surface area contributed by atoms with Crippen molar-refractivity contribution in [3.8, 4) is 0 Å². The van der Waals surface area contributed by atoms with Crippen LogP contribution < -0.4 is 5.32 Å². The van der Waals surface area contributed by atoms with Gasteiger partial charge in [0.05, 0.1) is 6.61 Å². The van der Waals surface area contributed by atoms with Crippen LogP contribution in [-0.2, 0) is 4.74 Å². The number of aryl methyl sites for hydroxylation is 1. The van der Waals surface area contributed by atoms with E-state index >= 15 is 0 Å². The number of methoxy groups -OCH3 is 1. The summed E-state index contributed by atoms with van der Waals surface area (Å²) in [5.74, 6) is 0.833. The van der Waals surface area contributed by atoms with Gasteiger partial charge in [0.25, 0.3) is 0 Å². The molecule has 0 aromatic heterocycles. The highest BCUT2D eigenvalue weighted by Crippen LogP contribution is 2.40. The van der Waals surface area contributed by atoms with E-state index in [0.717, 1.165) is 19.1 Å². The van der Waals surface area contributed by atoms with E-state index in [2.05, 4.69) is 36.5 Å². The lowest BCUT2D eigenvalue weighted by atomic mass is 10.0. The Morgan fingerprint density at radius 1 is 1.31 bits per heavy atom. The van der Waals surface area contributed by atoms with Crippen LogP contribution in [0.3, 0.4) is 0 Å². The lowest BCUT2D eigenvalue weighted by Crippen LogP contribution is -2.26. The molecule has 1 fully saturated rings. The number of hydrogen-bond donors (Lipinski definition) is 1. The van der Waals surface area contributed by atoms with Crippen molar-refractivity contribution < 1.29 is 4.74 Å². The Labute approximate surface area is 98.0 Å². The van der Waals surface area contributed by atoms with Crippen LogP contribution in [0.1, 0.15) is 30.0 Å². The van der Waals surface area contributed by atoms with Crippen molar-refractivity contribution in [2.24, 2.45) is 5.92 Å². The average molecular weight is 219 g/mol. The molecule has 0 radical (unpaired) electrons. The van der Waals surface area contributed by atoms with E-state index in [9.17, 15) is 0 Å². The van der Waals surface area contributed by atoms with Gasteiger partial charge in [-0.15, -0.1) is 0 Å². The van der Waals surface area contributed by atoms with E-state index < -0.39 is 0 Å². The third-order valence-electron chi connectivity index (χ3n) is 3.20. The topological polar surface area (TPSA) is 21.3 Å². The molecular formula is C14H21NO. The Bertz CT molecular complexity index is 316. The van der Waals surface area contributed by atoms with E-state index in [1.807, 2.05) is 0 Å². The second-order valence-corrected chi connectivity index (χ2v) is 4.67. The van der Waals surface area contributed by atoms with E-state index in [-0.39, 0.29) is 0 Å². The second-order valence-electron chi connectivity index (χ2n) is 4.67. The zero-order chi connectivity index (χ0) is 11.4. The predicted octanol–water partition coefficient (Wildman–Crippen LogP) is 2.68. The van der Waals surface area contributed by atoms with Gasteiger partial charge < -0.3 is 10.1 Å². The number of benzene rings is 1.